The Kier molecular flexibility index (Phi) is 7.84. The average Bonchev–Trinajstić information content (AvgIpc) is 3.55. The van der Waals surface area contributed by atoms with Gasteiger partial charge in [-0.05, 0) is 130 Å². The highest BCUT2D eigenvalue weighted by Crippen LogP contribution is 2.67. The number of fused-ring (bicyclic) bond motifs is 6. The quantitative estimate of drug-likeness (QED) is 0.319. The van der Waals surface area contributed by atoms with Crippen LogP contribution in [0.1, 0.15) is 98.5 Å². The number of benzene rings is 1. The van der Waals surface area contributed by atoms with E-state index in [1.54, 1.807) is 0 Å². The van der Waals surface area contributed by atoms with Gasteiger partial charge in [0, 0.05) is 29.7 Å². The van der Waals surface area contributed by atoms with Gasteiger partial charge in [-0.2, -0.15) is 0 Å². The minimum absolute atomic E-state index is 0.0680. The van der Waals surface area contributed by atoms with E-state index >= 15 is 0 Å². The van der Waals surface area contributed by atoms with Gasteiger partial charge in [0.05, 0.1) is 12.6 Å². The zero-order chi connectivity index (χ0) is 30.7. The van der Waals surface area contributed by atoms with E-state index in [1.807, 2.05) is 37.9 Å². The number of nitrogens with zero attached hydrogens (tertiary/aromatic N) is 1. The molecular formula is C37H53N3O3. The van der Waals surface area contributed by atoms with Crippen molar-refractivity contribution in [3.8, 4) is 0 Å². The number of rotatable bonds is 6. The van der Waals surface area contributed by atoms with Crippen LogP contribution < -0.4 is 5.32 Å². The summed E-state index contributed by atoms with van der Waals surface area (Å²) in [5.74, 6) is 2.14. The Labute approximate surface area is 258 Å². The molecule has 1 unspecified atom stereocenters. The maximum Gasteiger partial charge on any atom is 0.240 e. The Morgan fingerprint density at radius 1 is 1.09 bits per heavy atom. The molecule has 0 bridgehead atoms. The van der Waals surface area contributed by atoms with Crippen molar-refractivity contribution in [2.24, 2.45) is 40.4 Å². The molecule has 0 radical (unpaired) electrons. The Hall–Kier alpha value is -2.60. The van der Waals surface area contributed by atoms with Crippen LogP contribution in [0.5, 0.6) is 0 Å². The van der Waals surface area contributed by atoms with Crippen LogP contribution in [0.25, 0.3) is 10.9 Å². The second-order valence-corrected chi connectivity index (χ2v) is 16.1. The number of aliphatic hydroxyl groups excluding tert-OH is 1. The molecule has 0 aliphatic heterocycles. The minimum Gasteiger partial charge on any atom is -0.393 e. The van der Waals surface area contributed by atoms with E-state index in [2.05, 4.69) is 55.3 Å². The molecule has 8 atom stereocenters. The first kappa shape index (κ1) is 30.4. The van der Waals surface area contributed by atoms with Gasteiger partial charge >= 0.3 is 0 Å². The molecule has 4 aliphatic carbocycles. The van der Waals surface area contributed by atoms with Gasteiger partial charge in [-0.3, -0.25) is 9.59 Å². The second kappa shape index (κ2) is 11.1. The lowest BCUT2D eigenvalue weighted by Crippen LogP contribution is -2.52. The summed E-state index contributed by atoms with van der Waals surface area (Å²) in [4.78, 5) is 32.7. The molecule has 3 saturated carbocycles. The van der Waals surface area contributed by atoms with Crippen LogP contribution >= 0.6 is 0 Å². The van der Waals surface area contributed by atoms with Gasteiger partial charge in [0.25, 0.3) is 0 Å². The van der Waals surface area contributed by atoms with Crippen molar-refractivity contribution in [2.75, 3.05) is 6.54 Å². The molecule has 234 valence electrons. The average molecular weight is 588 g/mol. The van der Waals surface area contributed by atoms with E-state index < -0.39 is 0 Å². The maximum atomic E-state index is 14.4. The third kappa shape index (κ3) is 5.58. The minimum atomic E-state index is -0.354. The van der Waals surface area contributed by atoms with Gasteiger partial charge < -0.3 is 20.3 Å². The van der Waals surface area contributed by atoms with Crippen molar-refractivity contribution < 1.29 is 14.7 Å². The number of allylic oxidation sites excluding steroid dienone is 1. The summed E-state index contributed by atoms with van der Waals surface area (Å²) in [6.07, 6.45) is 12.9. The number of nitrogens with one attached hydrogen (secondary N) is 2. The predicted octanol–water partition coefficient (Wildman–Crippen LogP) is 6.99. The fourth-order valence-electron chi connectivity index (χ4n) is 10.2. The summed E-state index contributed by atoms with van der Waals surface area (Å²) < 4.78 is 0. The molecule has 1 aromatic carbocycles. The number of carbonyl (C=O) groups is 2. The fraction of sp³-hybridized carbons (Fsp3) is 0.676. The van der Waals surface area contributed by atoms with E-state index in [1.165, 1.54) is 24.8 Å². The van der Waals surface area contributed by atoms with Gasteiger partial charge in [-0.25, -0.2) is 0 Å². The third-order valence-corrected chi connectivity index (χ3v) is 12.3. The van der Waals surface area contributed by atoms with E-state index in [0.29, 0.717) is 30.2 Å². The summed E-state index contributed by atoms with van der Waals surface area (Å²) >= 11 is 0. The molecule has 0 spiro atoms. The van der Waals surface area contributed by atoms with Gasteiger partial charge in [-0.1, -0.05) is 44.6 Å². The molecule has 2 amide bonds. The van der Waals surface area contributed by atoms with Gasteiger partial charge in [-0.15, -0.1) is 0 Å². The number of aromatic nitrogens is 1. The Bertz CT molecular complexity index is 1400. The predicted molar refractivity (Wildman–Crippen MR) is 172 cm³/mol. The first-order valence-electron chi connectivity index (χ1n) is 16.8. The molecule has 3 fully saturated rings. The van der Waals surface area contributed by atoms with Crippen molar-refractivity contribution in [2.45, 2.75) is 111 Å². The van der Waals surface area contributed by atoms with Crippen molar-refractivity contribution in [3.05, 3.63) is 47.7 Å². The highest BCUT2D eigenvalue weighted by Gasteiger charge is 2.59. The number of aromatic amines is 1. The van der Waals surface area contributed by atoms with E-state index in [0.717, 1.165) is 48.6 Å². The lowest BCUT2D eigenvalue weighted by Gasteiger charge is -2.58. The van der Waals surface area contributed by atoms with Crippen LogP contribution in [0.4, 0.5) is 0 Å². The normalized spacial score (nSPS) is 34.5. The third-order valence-electron chi connectivity index (χ3n) is 12.3. The van der Waals surface area contributed by atoms with E-state index in [9.17, 15) is 14.7 Å². The number of H-pyrrole nitrogens is 1. The summed E-state index contributed by atoms with van der Waals surface area (Å²) in [6, 6.07) is 8.31. The number of aliphatic hydroxyl groups is 1. The summed E-state index contributed by atoms with van der Waals surface area (Å²) in [5, 5.41) is 14.6. The van der Waals surface area contributed by atoms with Crippen molar-refractivity contribution in [1.29, 1.82) is 0 Å². The van der Waals surface area contributed by atoms with Gasteiger partial charge in [0.2, 0.25) is 11.8 Å². The molecule has 2 aromatic rings. The summed E-state index contributed by atoms with van der Waals surface area (Å²) in [7, 11) is 0. The topological polar surface area (TPSA) is 85.4 Å². The van der Waals surface area contributed by atoms with Crippen molar-refractivity contribution in [1.82, 2.24) is 15.2 Å². The standard InChI is InChI=1S/C37H53N3O3/c1-23(34(43)40(22-33(42)39-35(2,3)4)21-24-7-8-25-15-18-38-32(25)19-24)29-11-12-30-28-10-9-26-20-27(41)13-16-36(26,5)31(28)14-17-37(29,30)6/h7-9,15,18-19,23,27-31,38,41H,10-14,16-17,20-22H2,1-6H3,(H,39,42)/t23?,27-,28-,29+,30-,31-,36-,37+/m0/s1. The SMILES string of the molecule is CC(C(=O)N(CC(=O)NC(C)(C)C)Cc1ccc2cc[nH]c2c1)[C@H]1CC[C@H]2[C@@H]3CC=C4C[C@@H](O)CC[C@]4(C)[C@H]3CC[C@]12C. The molecule has 1 aromatic heterocycles. The Morgan fingerprint density at radius 3 is 2.65 bits per heavy atom. The first-order valence-corrected chi connectivity index (χ1v) is 16.8. The molecular weight excluding hydrogens is 534 g/mol. The van der Waals surface area contributed by atoms with Crippen LogP contribution in [0.3, 0.4) is 0 Å². The Balaban J connectivity index is 1.22. The smallest absolute Gasteiger partial charge is 0.240 e. The van der Waals surface area contributed by atoms with E-state index in [-0.39, 0.29) is 46.7 Å². The molecule has 6 rings (SSSR count). The number of amides is 2. The largest absolute Gasteiger partial charge is 0.393 e. The van der Waals surface area contributed by atoms with Crippen molar-refractivity contribution >= 4 is 22.7 Å². The second-order valence-electron chi connectivity index (χ2n) is 16.1. The van der Waals surface area contributed by atoms with Crippen LogP contribution in [0, 0.1) is 40.4 Å². The van der Waals surface area contributed by atoms with Crippen LogP contribution in [-0.4, -0.2) is 45.0 Å². The zero-order valence-corrected chi connectivity index (χ0v) is 27.2. The lowest BCUT2D eigenvalue weighted by molar-refractivity contribution is -0.144. The monoisotopic (exact) mass is 587 g/mol. The highest BCUT2D eigenvalue weighted by molar-refractivity contribution is 5.86. The Morgan fingerprint density at radius 2 is 1.88 bits per heavy atom. The summed E-state index contributed by atoms with van der Waals surface area (Å²) in [6.45, 7) is 13.5. The molecule has 3 N–H and O–H groups in total. The molecule has 4 aliphatic rings. The molecule has 1 heterocycles. The zero-order valence-electron chi connectivity index (χ0n) is 27.2. The molecule has 0 saturated heterocycles. The van der Waals surface area contributed by atoms with Gasteiger partial charge in [0.1, 0.15) is 0 Å². The van der Waals surface area contributed by atoms with E-state index in [4.69, 9.17) is 0 Å². The highest BCUT2D eigenvalue weighted by atomic mass is 16.3. The molecule has 6 nitrogen and oxygen atoms in total. The molecule has 6 heteroatoms. The fourth-order valence-corrected chi connectivity index (χ4v) is 10.2. The van der Waals surface area contributed by atoms with Gasteiger partial charge in [0.15, 0.2) is 0 Å². The number of hydrogen-bond donors (Lipinski definition) is 3. The first-order chi connectivity index (χ1) is 20.3. The number of carbonyl (C=O) groups excluding carboxylic acids is 2. The lowest BCUT2D eigenvalue weighted by atomic mass is 9.47. The van der Waals surface area contributed by atoms with Crippen LogP contribution in [-0.2, 0) is 16.1 Å². The van der Waals surface area contributed by atoms with Crippen LogP contribution in [0.15, 0.2) is 42.1 Å². The van der Waals surface area contributed by atoms with Crippen LogP contribution in [0.2, 0.25) is 0 Å². The maximum absolute atomic E-state index is 14.4. The summed E-state index contributed by atoms with van der Waals surface area (Å²) in [5.41, 5.74) is 3.59. The number of hydrogen-bond acceptors (Lipinski definition) is 3. The van der Waals surface area contributed by atoms with Crippen molar-refractivity contribution in [3.63, 3.8) is 0 Å². The molecule has 43 heavy (non-hydrogen) atoms.